The zero-order chi connectivity index (χ0) is 17.8. The molecule has 1 aromatic rings. The maximum Gasteiger partial charge on any atom is 0.257 e. The highest BCUT2D eigenvalue weighted by molar-refractivity contribution is 6.05. The van der Waals surface area contributed by atoms with E-state index in [2.05, 4.69) is 5.32 Å². The molecule has 25 heavy (non-hydrogen) atoms. The molecule has 128 valence electrons. The SMILES string of the molecule is O=C1c2ccccc2CC[C@@H]1[C@@]1(O)C(=O)NC2=CC=C([N+](=O)[O-])CC21. The van der Waals surface area contributed by atoms with E-state index in [1.165, 1.54) is 12.2 Å². The third-order valence-electron chi connectivity index (χ3n) is 5.46. The molecule has 0 aromatic heterocycles. The molecule has 2 N–H and O–H groups in total. The smallest absolute Gasteiger partial charge is 0.257 e. The summed E-state index contributed by atoms with van der Waals surface area (Å²) in [5, 5.41) is 24.9. The molecule has 0 spiro atoms. The topological polar surface area (TPSA) is 110 Å². The minimum atomic E-state index is -1.97. The Balaban J connectivity index is 1.73. The van der Waals surface area contributed by atoms with Gasteiger partial charge in [-0.3, -0.25) is 19.7 Å². The molecule has 1 fully saturated rings. The highest BCUT2D eigenvalue weighted by Gasteiger charge is 2.60. The molecule has 0 saturated carbocycles. The Morgan fingerprint density at radius 3 is 2.72 bits per heavy atom. The van der Waals surface area contributed by atoms with Gasteiger partial charge in [0.15, 0.2) is 11.4 Å². The summed E-state index contributed by atoms with van der Waals surface area (Å²) >= 11 is 0. The van der Waals surface area contributed by atoms with E-state index in [-0.39, 0.29) is 17.9 Å². The lowest BCUT2D eigenvalue weighted by Gasteiger charge is -2.36. The number of aliphatic hydroxyl groups is 1. The van der Waals surface area contributed by atoms with Crippen LogP contribution in [0.15, 0.2) is 47.8 Å². The second-order valence-electron chi connectivity index (χ2n) is 6.69. The molecule has 0 radical (unpaired) electrons. The Morgan fingerprint density at radius 1 is 1.20 bits per heavy atom. The highest BCUT2D eigenvalue weighted by atomic mass is 16.6. The number of hydrogen-bond donors (Lipinski definition) is 2. The normalized spacial score (nSPS) is 30.8. The maximum atomic E-state index is 12.9. The molecule has 7 heteroatoms. The van der Waals surface area contributed by atoms with E-state index in [1.54, 1.807) is 12.1 Å². The standard InChI is InChI=1S/C18H16N2O5/c21-16-12-4-2-1-3-10(12)5-7-13(16)18(23)14-9-11(20(24)25)6-8-15(14)19-17(18)22/h1-4,6,8,13-14,23H,5,7,9H2,(H,19,22)/t13-,14?,18-/m0/s1. The van der Waals surface area contributed by atoms with Crippen molar-refractivity contribution in [2.75, 3.05) is 0 Å². The number of ketones is 1. The van der Waals surface area contributed by atoms with Crippen LogP contribution < -0.4 is 5.32 Å². The largest absolute Gasteiger partial charge is 0.378 e. The van der Waals surface area contributed by atoms with Crippen LogP contribution >= 0.6 is 0 Å². The summed E-state index contributed by atoms with van der Waals surface area (Å²) in [6.07, 6.45) is 3.60. The molecule has 3 atom stereocenters. The maximum absolute atomic E-state index is 12.9. The number of amides is 1. The average Bonchev–Trinajstić information content (AvgIpc) is 2.86. The van der Waals surface area contributed by atoms with Crippen LogP contribution in [0.1, 0.15) is 28.8 Å². The van der Waals surface area contributed by atoms with E-state index in [0.29, 0.717) is 24.1 Å². The summed E-state index contributed by atoms with van der Waals surface area (Å²) in [5.74, 6) is -2.65. The van der Waals surface area contributed by atoms with Gasteiger partial charge in [0.05, 0.1) is 17.3 Å². The third-order valence-corrected chi connectivity index (χ3v) is 5.46. The molecule has 1 saturated heterocycles. The van der Waals surface area contributed by atoms with E-state index in [4.69, 9.17) is 0 Å². The van der Waals surface area contributed by atoms with Crippen molar-refractivity contribution in [3.05, 3.63) is 69.1 Å². The van der Waals surface area contributed by atoms with Crippen molar-refractivity contribution in [2.24, 2.45) is 11.8 Å². The number of Topliss-reactive ketones (excluding diaryl/α,β-unsaturated/α-hetero) is 1. The van der Waals surface area contributed by atoms with E-state index < -0.39 is 28.3 Å². The molecular formula is C18H16N2O5. The summed E-state index contributed by atoms with van der Waals surface area (Å²) in [6.45, 7) is 0. The van der Waals surface area contributed by atoms with Gasteiger partial charge in [-0.25, -0.2) is 0 Å². The van der Waals surface area contributed by atoms with Gasteiger partial charge in [0.1, 0.15) is 0 Å². The zero-order valence-electron chi connectivity index (χ0n) is 13.3. The number of benzene rings is 1. The zero-order valence-corrected chi connectivity index (χ0v) is 13.3. The summed E-state index contributed by atoms with van der Waals surface area (Å²) in [7, 11) is 0. The summed E-state index contributed by atoms with van der Waals surface area (Å²) < 4.78 is 0. The molecule has 1 aromatic carbocycles. The van der Waals surface area contributed by atoms with Gasteiger partial charge in [0, 0.05) is 23.3 Å². The van der Waals surface area contributed by atoms with Crippen LogP contribution in [0.4, 0.5) is 0 Å². The van der Waals surface area contributed by atoms with Crippen LogP contribution in [0.2, 0.25) is 0 Å². The van der Waals surface area contributed by atoms with Crippen molar-refractivity contribution in [2.45, 2.75) is 24.9 Å². The number of hydrogen-bond acceptors (Lipinski definition) is 5. The van der Waals surface area contributed by atoms with Gasteiger partial charge in [0.25, 0.3) is 5.91 Å². The van der Waals surface area contributed by atoms with Crippen LogP contribution in [0, 0.1) is 22.0 Å². The van der Waals surface area contributed by atoms with Crippen LogP contribution in [-0.4, -0.2) is 27.3 Å². The van der Waals surface area contributed by atoms with Crippen LogP contribution in [0.3, 0.4) is 0 Å². The van der Waals surface area contributed by atoms with E-state index in [9.17, 15) is 24.8 Å². The molecule has 7 nitrogen and oxygen atoms in total. The fourth-order valence-corrected chi connectivity index (χ4v) is 4.15. The number of carbonyl (C=O) groups excluding carboxylic acids is 2. The van der Waals surface area contributed by atoms with Crippen molar-refractivity contribution in [1.82, 2.24) is 5.32 Å². The van der Waals surface area contributed by atoms with E-state index >= 15 is 0 Å². The fourth-order valence-electron chi connectivity index (χ4n) is 4.15. The first-order chi connectivity index (χ1) is 11.9. The molecule has 1 aliphatic heterocycles. The minimum Gasteiger partial charge on any atom is -0.378 e. The summed E-state index contributed by atoms with van der Waals surface area (Å²) in [5.41, 5.74) is -0.196. The number of nitro groups is 1. The summed E-state index contributed by atoms with van der Waals surface area (Å²) in [6, 6.07) is 7.15. The van der Waals surface area contributed by atoms with E-state index in [0.717, 1.165) is 5.56 Å². The number of nitrogens with zero attached hydrogens (tertiary/aromatic N) is 1. The van der Waals surface area contributed by atoms with Crippen LogP contribution in [-0.2, 0) is 11.2 Å². The number of fused-ring (bicyclic) bond motifs is 2. The molecule has 3 aliphatic rings. The Labute approximate surface area is 143 Å². The third kappa shape index (κ3) is 2.16. The van der Waals surface area contributed by atoms with Gasteiger partial charge in [-0.2, -0.15) is 0 Å². The fraction of sp³-hybridized carbons (Fsp3) is 0.333. The Bertz CT molecular complexity index is 872. The van der Waals surface area contributed by atoms with Gasteiger partial charge in [-0.15, -0.1) is 0 Å². The molecule has 4 rings (SSSR count). The molecule has 1 amide bonds. The average molecular weight is 340 g/mol. The Kier molecular flexibility index (Phi) is 3.36. The van der Waals surface area contributed by atoms with Crippen molar-refractivity contribution in [1.29, 1.82) is 0 Å². The van der Waals surface area contributed by atoms with Crippen LogP contribution in [0.25, 0.3) is 0 Å². The van der Waals surface area contributed by atoms with Crippen molar-refractivity contribution in [3.8, 4) is 0 Å². The molecule has 1 heterocycles. The number of nitrogens with one attached hydrogen (secondary N) is 1. The minimum absolute atomic E-state index is 0.0765. The number of aryl methyl sites for hydroxylation is 1. The first-order valence-electron chi connectivity index (χ1n) is 8.14. The van der Waals surface area contributed by atoms with Gasteiger partial charge >= 0.3 is 0 Å². The van der Waals surface area contributed by atoms with E-state index in [1.807, 2.05) is 12.1 Å². The van der Waals surface area contributed by atoms with Gasteiger partial charge in [0.2, 0.25) is 5.70 Å². The second kappa shape index (κ2) is 5.35. The number of carbonyl (C=O) groups is 2. The number of allylic oxidation sites excluding steroid dienone is 3. The molecule has 1 unspecified atom stereocenters. The monoisotopic (exact) mass is 340 g/mol. The highest BCUT2D eigenvalue weighted by Crippen LogP contribution is 2.46. The summed E-state index contributed by atoms with van der Waals surface area (Å²) in [4.78, 5) is 36.1. The van der Waals surface area contributed by atoms with Crippen LogP contribution in [0.5, 0.6) is 0 Å². The molecule has 2 aliphatic carbocycles. The first kappa shape index (κ1) is 15.7. The second-order valence-corrected chi connectivity index (χ2v) is 6.69. The number of rotatable bonds is 2. The lowest BCUT2D eigenvalue weighted by atomic mass is 9.67. The van der Waals surface area contributed by atoms with Gasteiger partial charge in [-0.1, -0.05) is 24.3 Å². The lowest BCUT2D eigenvalue weighted by Crippen LogP contribution is -2.53. The first-order valence-corrected chi connectivity index (χ1v) is 8.14. The van der Waals surface area contributed by atoms with Crippen molar-refractivity contribution in [3.63, 3.8) is 0 Å². The predicted octanol–water partition coefficient (Wildman–Crippen LogP) is 1.36. The van der Waals surface area contributed by atoms with Gasteiger partial charge < -0.3 is 10.4 Å². The van der Waals surface area contributed by atoms with Crippen molar-refractivity contribution < 1.29 is 19.6 Å². The Hall–Kier alpha value is -2.80. The quantitative estimate of drug-likeness (QED) is 0.624. The predicted molar refractivity (Wildman–Crippen MR) is 86.9 cm³/mol. The van der Waals surface area contributed by atoms with Crippen molar-refractivity contribution >= 4 is 11.7 Å². The molecular weight excluding hydrogens is 324 g/mol. The Morgan fingerprint density at radius 2 is 1.96 bits per heavy atom. The lowest BCUT2D eigenvalue weighted by molar-refractivity contribution is -0.429. The molecule has 0 bridgehead atoms. The van der Waals surface area contributed by atoms with Gasteiger partial charge in [-0.05, 0) is 24.5 Å².